The van der Waals surface area contributed by atoms with E-state index in [1.165, 1.54) is 4.88 Å². The van der Waals surface area contributed by atoms with Crippen molar-refractivity contribution in [3.8, 4) is 0 Å². The van der Waals surface area contributed by atoms with E-state index in [4.69, 9.17) is 4.74 Å². The van der Waals surface area contributed by atoms with Crippen LogP contribution in [0.3, 0.4) is 0 Å². The number of carbonyl (C=O) groups is 1. The molecule has 88 valence electrons. The van der Waals surface area contributed by atoms with Crippen LogP contribution in [-0.2, 0) is 16.0 Å². The Morgan fingerprint density at radius 2 is 2.31 bits per heavy atom. The Labute approximate surface area is 99.2 Å². The second-order valence-electron chi connectivity index (χ2n) is 3.77. The monoisotopic (exact) mass is 240 g/mol. The molecule has 4 nitrogen and oxygen atoms in total. The fourth-order valence-electron chi connectivity index (χ4n) is 1.67. The third-order valence-electron chi connectivity index (χ3n) is 2.57. The van der Waals surface area contributed by atoms with E-state index in [1.54, 1.807) is 11.3 Å². The van der Waals surface area contributed by atoms with Crippen molar-refractivity contribution >= 4 is 22.8 Å². The molecule has 0 aromatic carbocycles. The number of morpholine rings is 1. The molecule has 0 atom stereocenters. The van der Waals surface area contributed by atoms with Crippen molar-refractivity contribution < 1.29 is 9.53 Å². The molecule has 0 unspecified atom stereocenters. The van der Waals surface area contributed by atoms with Gasteiger partial charge in [-0.1, -0.05) is 0 Å². The number of hydrogen-bond donors (Lipinski definition) is 0. The van der Waals surface area contributed by atoms with E-state index in [1.807, 2.05) is 6.20 Å². The van der Waals surface area contributed by atoms with Crippen LogP contribution in [0.2, 0.25) is 0 Å². The Morgan fingerprint density at radius 3 is 3.06 bits per heavy atom. The highest BCUT2D eigenvalue weighted by Gasteiger charge is 2.14. The van der Waals surface area contributed by atoms with Gasteiger partial charge in [0.05, 0.1) is 13.2 Å². The summed E-state index contributed by atoms with van der Waals surface area (Å²) in [5.74, 6) is 0. The molecule has 1 fully saturated rings. The summed E-state index contributed by atoms with van der Waals surface area (Å²) < 4.78 is 5.30. The summed E-state index contributed by atoms with van der Waals surface area (Å²) in [7, 11) is 0. The van der Waals surface area contributed by atoms with Crippen LogP contribution in [0.25, 0.3) is 0 Å². The first-order valence-electron chi connectivity index (χ1n) is 5.61. The van der Waals surface area contributed by atoms with Crippen LogP contribution in [-0.4, -0.2) is 37.6 Å². The maximum absolute atomic E-state index is 10.2. The number of aldehydes is 1. The van der Waals surface area contributed by atoms with Crippen LogP contribution in [0.5, 0.6) is 0 Å². The zero-order chi connectivity index (χ0) is 11.2. The van der Waals surface area contributed by atoms with Crippen LogP contribution in [0.1, 0.15) is 17.7 Å². The first-order chi connectivity index (χ1) is 7.90. The number of nitrogens with zero attached hydrogens (tertiary/aromatic N) is 2. The minimum Gasteiger partial charge on any atom is -0.378 e. The first-order valence-corrected chi connectivity index (χ1v) is 6.43. The van der Waals surface area contributed by atoms with E-state index < -0.39 is 0 Å². The van der Waals surface area contributed by atoms with E-state index in [9.17, 15) is 4.79 Å². The summed E-state index contributed by atoms with van der Waals surface area (Å²) >= 11 is 1.73. The van der Waals surface area contributed by atoms with E-state index in [0.29, 0.717) is 6.42 Å². The minimum atomic E-state index is 0.644. The van der Waals surface area contributed by atoms with Gasteiger partial charge in [0.1, 0.15) is 6.29 Å². The van der Waals surface area contributed by atoms with Crippen molar-refractivity contribution in [2.24, 2.45) is 0 Å². The van der Waals surface area contributed by atoms with Gasteiger partial charge in [0, 0.05) is 30.6 Å². The van der Waals surface area contributed by atoms with Crippen LogP contribution in [0.4, 0.5) is 5.13 Å². The highest BCUT2D eigenvalue weighted by molar-refractivity contribution is 7.15. The maximum atomic E-state index is 10.2. The average molecular weight is 240 g/mol. The van der Waals surface area contributed by atoms with Gasteiger partial charge in [0.25, 0.3) is 0 Å². The number of unbranched alkanes of at least 4 members (excludes halogenated alkanes) is 1. The molecule has 1 aromatic heterocycles. The number of aryl methyl sites for hydroxylation is 1. The van der Waals surface area contributed by atoms with Crippen LogP contribution >= 0.6 is 11.3 Å². The molecule has 1 aliphatic heterocycles. The van der Waals surface area contributed by atoms with Gasteiger partial charge < -0.3 is 14.4 Å². The van der Waals surface area contributed by atoms with Crippen molar-refractivity contribution in [3.05, 3.63) is 11.1 Å². The van der Waals surface area contributed by atoms with Crippen LogP contribution in [0, 0.1) is 0 Å². The third kappa shape index (κ3) is 3.02. The molecular weight excluding hydrogens is 224 g/mol. The summed E-state index contributed by atoms with van der Waals surface area (Å²) in [5.41, 5.74) is 0. The normalized spacial score (nSPS) is 16.4. The Bertz CT molecular complexity index is 334. The molecule has 1 aromatic rings. The molecule has 0 spiro atoms. The highest BCUT2D eigenvalue weighted by atomic mass is 32.1. The molecule has 0 radical (unpaired) electrons. The third-order valence-corrected chi connectivity index (χ3v) is 3.69. The van der Waals surface area contributed by atoms with Gasteiger partial charge in [-0.2, -0.15) is 0 Å². The molecule has 1 aliphatic rings. The maximum Gasteiger partial charge on any atom is 0.185 e. The lowest BCUT2D eigenvalue weighted by Gasteiger charge is -2.25. The molecular formula is C11H16N2O2S. The predicted molar refractivity (Wildman–Crippen MR) is 64.1 cm³/mol. The number of ether oxygens (including phenoxy) is 1. The Morgan fingerprint density at radius 1 is 1.50 bits per heavy atom. The zero-order valence-electron chi connectivity index (χ0n) is 9.22. The minimum absolute atomic E-state index is 0.644. The summed E-state index contributed by atoms with van der Waals surface area (Å²) in [6, 6.07) is 0. The first kappa shape index (κ1) is 11.5. The largest absolute Gasteiger partial charge is 0.378 e. The molecule has 0 amide bonds. The number of carbonyl (C=O) groups excluding carboxylic acids is 1. The average Bonchev–Trinajstić information content (AvgIpc) is 2.79. The SMILES string of the molecule is O=CCCCc1cnc(N2CCOCC2)s1. The summed E-state index contributed by atoms with van der Waals surface area (Å²) in [5, 5.41) is 1.09. The quantitative estimate of drug-likeness (QED) is 0.578. The van der Waals surface area contributed by atoms with Crippen LogP contribution < -0.4 is 4.90 Å². The van der Waals surface area contributed by atoms with Gasteiger partial charge in [-0.25, -0.2) is 4.98 Å². The smallest absolute Gasteiger partial charge is 0.185 e. The molecule has 0 saturated carbocycles. The lowest BCUT2D eigenvalue weighted by Crippen LogP contribution is -2.36. The van der Waals surface area contributed by atoms with Gasteiger partial charge >= 0.3 is 0 Å². The van der Waals surface area contributed by atoms with Gasteiger partial charge in [0.15, 0.2) is 5.13 Å². The molecule has 0 aliphatic carbocycles. The number of thiazole rings is 1. The topological polar surface area (TPSA) is 42.4 Å². The van der Waals surface area contributed by atoms with E-state index >= 15 is 0 Å². The fourth-order valence-corrected chi connectivity index (χ4v) is 2.68. The van der Waals surface area contributed by atoms with Crippen molar-refractivity contribution in [2.75, 3.05) is 31.2 Å². The second kappa shape index (κ2) is 5.96. The van der Waals surface area contributed by atoms with Crippen molar-refractivity contribution in [1.82, 2.24) is 4.98 Å². The van der Waals surface area contributed by atoms with Crippen molar-refractivity contribution in [2.45, 2.75) is 19.3 Å². The summed E-state index contributed by atoms with van der Waals surface area (Å²) in [6.07, 6.45) is 5.43. The number of anilines is 1. The Kier molecular flexibility index (Phi) is 4.30. The van der Waals surface area contributed by atoms with Gasteiger partial charge in [-0.05, 0) is 12.8 Å². The van der Waals surface area contributed by atoms with E-state index in [0.717, 1.165) is 50.6 Å². The Balaban J connectivity index is 1.88. The van der Waals surface area contributed by atoms with Gasteiger partial charge in [-0.15, -0.1) is 11.3 Å². The molecule has 5 heteroatoms. The number of aromatic nitrogens is 1. The molecule has 0 N–H and O–H groups in total. The molecule has 1 saturated heterocycles. The number of hydrogen-bond acceptors (Lipinski definition) is 5. The van der Waals surface area contributed by atoms with Crippen molar-refractivity contribution in [3.63, 3.8) is 0 Å². The molecule has 2 rings (SSSR count). The molecule has 16 heavy (non-hydrogen) atoms. The van der Waals surface area contributed by atoms with E-state index in [2.05, 4.69) is 9.88 Å². The van der Waals surface area contributed by atoms with Gasteiger partial charge in [0.2, 0.25) is 0 Å². The van der Waals surface area contributed by atoms with Crippen LogP contribution in [0.15, 0.2) is 6.20 Å². The van der Waals surface area contributed by atoms with Crippen molar-refractivity contribution in [1.29, 1.82) is 0 Å². The molecule has 2 heterocycles. The summed E-state index contributed by atoms with van der Waals surface area (Å²) in [4.78, 5) is 18.2. The Hall–Kier alpha value is -0.940. The predicted octanol–water partition coefficient (Wildman–Crippen LogP) is 1.50. The van der Waals surface area contributed by atoms with E-state index in [-0.39, 0.29) is 0 Å². The lowest BCUT2D eigenvalue weighted by molar-refractivity contribution is -0.107. The fraction of sp³-hybridized carbons (Fsp3) is 0.636. The zero-order valence-corrected chi connectivity index (χ0v) is 10.0. The standard InChI is InChI=1S/C11H16N2O2S/c14-6-2-1-3-10-9-12-11(16-10)13-4-7-15-8-5-13/h6,9H,1-5,7-8H2. The number of rotatable bonds is 5. The molecule has 0 bridgehead atoms. The lowest BCUT2D eigenvalue weighted by atomic mass is 10.2. The second-order valence-corrected chi connectivity index (χ2v) is 4.86. The van der Waals surface area contributed by atoms with Gasteiger partial charge in [-0.3, -0.25) is 0 Å². The summed E-state index contributed by atoms with van der Waals surface area (Å²) in [6.45, 7) is 3.45. The highest BCUT2D eigenvalue weighted by Crippen LogP contribution is 2.24.